The van der Waals surface area contributed by atoms with Gasteiger partial charge in [-0.1, -0.05) is 46.9 Å². The maximum atomic E-state index is 12.9. The van der Waals surface area contributed by atoms with E-state index in [9.17, 15) is 39.0 Å². The minimum absolute atomic E-state index is 0.0250. The van der Waals surface area contributed by atoms with E-state index in [1.165, 1.54) is 33.9 Å². The third-order valence-electron chi connectivity index (χ3n) is 11.1. The minimum Gasteiger partial charge on any atom is -0.391 e. The fourth-order valence-electron chi connectivity index (χ4n) is 7.42. The summed E-state index contributed by atoms with van der Waals surface area (Å²) in [6.07, 6.45) is 5.23. The Balaban J connectivity index is 0.000000261. The van der Waals surface area contributed by atoms with Crippen LogP contribution in [0.2, 0.25) is 10.0 Å². The van der Waals surface area contributed by atoms with Gasteiger partial charge in [0.15, 0.2) is 11.6 Å². The molecule has 2 saturated heterocycles. The Bertz CT molecular complexity index is 2530. The maximum absolute atomic E-state index is 12.9. The molecule has 4 atom stereocenters. The number of aliphatic hydroxyl groups is 2. The Hall–Kier alpha value is -5.30. The number of ether oxygens (including phenoxy) is 4. The molecule has 2 aromatic heterocycles. The van der Waals surface area contributed by atoms with E-state index in [0.29, 0.717) is 35.0 Å². The molecule has 2 aromatic carbocycles. The van der Waals surface area contributed by atoms with Crippen LogP contribution in [0.25, 0.3) is 21.8 Å². The number of piperidine rings is 2. The first-order valence-electron chi connectivity index (χ1n) is 22.7. The van der Waals surface area contributed by atoms with E-state index in [2.05, 4.69) is 44.3 Å². The highest BCUT2D eigenvalue weighted by Gasteiger charge is 2.26. The molecule has 0 saturated carbocycles. The zero-order valence-electron chi connectivity index (χ0n) is 38.6. The van der Waals surface area contributed by atoms with Crippen LogP contribution in [0.1, 0.15) is 75.3 Å². The van der Waals surface area contributed by atoms with Crippen molar-refractivity contribution in [3.8, 4) is 23.7 Å². The second-order valence-corrected chi connectivity index (χ2v) is 17.2. The number of nitrogens with one attached hydrogen (secondary N) is 2. The van der Waals surface area contributed by atoms with Gasteiger partial charge in [0.05, 0.1) is 109 Å². The number of aliphatic hydroxyl groups excluding tert-OH is 2. The van der Waals surface area contributed by atoms with Crippen LogP contribution in [-0.4, -0.2) is 130 Å². The molecule has 22 heteroatoms. The Labute approximate surface area is 413 Å². The minimum atomic E-state index is -0.572. The zero-order valence-corrected chi connectivity index (χ0v) is 40.1. The molecule has 0 spiro atoms. The lowest BCUT2D eigenvalue weighted by atomic mass is 9.97. The molecule has 376 valence electrons. The van der Waals surface area contributed by atoms with Crippen LogP contribution in [0.3, 0.4) is 0 Å². The Morgan fingerprint density at radius 3 is 1.46 bits per heavy atom. The third-order valence-corrected chi connectivity index (χ3v) is 11.8. The van der Waals surface area contributed by atoms with E-state index in [-0.39, 0.29) is 148 Å². The molecule has 8 N–H and O–H groups in total. The number of benzene rings is 2. The molecule has 4 aromatic rings. The maximum Gasteiger partial charge on any atom is 0.261 e. The SMILES string of the molecule is NCOCOCCC(=O)CC#Cc1cc2ncn(CC(=O)CC3NCCCC3O)c(=O)c2cc1Cl.NCOCOCCC(=O)CC#Cc1cc2ncn(CC(=O)C[C@H]3NCCC[C@@H]3O)c(=O)c2cc1Cl. The summed E-state index contributed by atoms with van der Waals surface area (Å²) in [4.78, 5) is 83.1. The Kier molecular flexibility index (Phi) is 23.2. The number of nitrogens with two attached hydrogens (primary N) is 2. The van der Waals surface area contributed by atoms with Crippen LogP contribution in [0.15, 0.2) is 46.5 Å². The summed E-state index contributed by atoms with van der Waals surface area (Å²) in [5.74, 6) is 10.7. The van der Waals surface area contributed by atoms with Gasteiger partial charge in [-0.25, -0.2) is 9.97 Å². The average Bonchev–Trinajstić information content (AvgIpc) is 3.33. The molecule has 2 fully saturated rings. The highest BCUT2D eigenvalue weighted by Crippen LogP contribution is 2.22. The van der Waals surface area contributed by atoms with Gasteiger partial charge in [0, 0.05) is 48.9 Å². The number of rotatable bonds is 22. The van der Waals surface area contributed by atoms with Gasteiger partial charge in [-0.2, -0.15) is 0 Å². The van der Waals surface area contributed by atoms with Crippen LogP contribution >= 0.6 is 23.2 Å². The lowest BCUT2D eigenvalue weighted by molar-refractivity contribution is -0.121. The first kappa shape index (κ1) is 55.6. The molecule has 0 amide bonds. The molecule has 2 unspecified atom stereocenters. The van der Waals surface area contributed by atoms with Crippen molar-refractivity contribution in [3.05, 3.63) is 78.8 Å². The van der Waals surface area contributed by atoms with Crippen molar-refractivity contribution in [2.45, 2.75) is 102 Å². The van der Waals surface area contributed by atoms with Crippen molar-refractivity contribution < 1.29 is 48.3 Å². The first-order chi connectivity index (χ1) is 33.8. The highest BCUT2D eigenvalue weighted by atomic mass is 35.5. The van der Waals surface area contributed by atoms with Crippen molar-refractivity contribution in [1.29, 1.82) is 0 Å². The summed E-state index contributed by atoms with van der Waals surface area (Å²) < 4.78 is 22.3. The van der Waals surface area contributed by atoms with E-state index >= 15 is 0 Å². The predicted molar refractivity (Wildman–Crippen MR) is 259 cm³/mol. The molecule has 20 nitrogen and oxygen atoms in total. The number of aromatic nitrogens is 4. The van der Waals surface area contributed by atoms with Gasteiger partial charge in [-0.3, -0.25) is 37.9 Å². The van der Waals surface area contributed by atoms with E-state index in [4.69, 9.17) is 53.6 Å². The lowest BCUT2D eigenvalue weighted by Crippen LogP contribution is -2.46. The van der Waals surface area contributed by atoms with Crippen LogP contribution < -0.4 is 33.2 Å². The number of nitrogens with zero attached hydrogens (tertiary/aromatic N) is 4. The molecule has 0 radical (unpaired) electrons. The van der Waals surface area contributed by atoms with Crippen molar-refractivity contribution in [2.75, 3.05) is 53.4 Å². The molecular formula is C48H58Cl2N8O12. The van der Waals surface area contributed by atoms with Gasteiger partial charge in [0.1, 0.15) is 25.2 Å². The number of ketones is 4. The predicted octanol–water partition coefficient (Wildman–Crippen LogP) is 1.46. The summed E-state index contributed by atoms with van der Waals surface area (Å²) in [7, 11) is 0. The number of hydrogen-bond acceptors (Lipinski definition) is 18. The van der Waals surface area contributed by atoms with Crippen LogP contribution in [-0.2, 0) is 51.2 Å². The van der Waals surface area contributed by atoms with Crippen LogP contribution in [0.4, 0.5) is 0 Å². The second-order valence-electron chi connectivity index (χ2n) is 16.4. The van der Waals surface area contributed by atoms with Gasteiger partial charge < -0.3 is 51.3 Å². The number of fused-ring (bicyclic) bond motifs is 2. The Morgan fingerprint density at radius 1 is 0.657 bits per heavy atom. The van der Waals surface area contributed by atoms with Crippen molar-refractivity contribution in [1.82, 2.24) is 29.7 Å². The number of hydrogen-bond donors (Lipinski definition) is 6. The fourth-order valence-corrected chi connectivity index (χ4v) is 7.84. The summed E-state index contributed by atoms with van der Waals surface area (Å²) in [6, 6.07) is 5.49. The monoisotopic (exact) mass is 1010 g/mol. The molecule has 70 heavy (non-hydrogen) atoms. The van der Waals surface area contributed by atoms with Crippen molar-refractivity contribution >= 4 is 68.1 Å². The van der Waals surface area contributed by atoms with Crippen molar-refractivity contribution in [3.63, 3.8) is 0 Å². The standard InChI is InChI=1S/2C24H29ClN4O6/c2*25-20-11-19-21(9-16(20)3-1-4-17(30)6-8-34-15-35-13-26)28-14-29(24(19)33)12-18(31)10-22-23(32)5-2-7-27-22/h2*9,11,14,22-23,27,32H,2,4-8,10,12-13,15,26H2/t22-,23+;/m1./s1. The highest BCUT2D eigenvalue weighted by molar-refractivity contribution is 6.33. The van der Waals surface area contributed by atoms with E-state index in [0.717, 1.165) is 25.9 Å². The number of carbonyl (C=O) groups excluding carboxylic acids is 4. The zero-order chi connectivity index (χ0) is 50.4. The van der Waals surface area contributed by atoms with Crippen molar-refractivity contribution in [2.24, 2.45) is 11.5 Å². The summed E-state index contributed by atoms with van der Waals surface area (Å²) in [5.41, 5.74) is 11.2. The van der Waals surface area contributed by atoms with Gasteiger partial charge in [0.25, 0.3) is 11.1 Å². The topological polar surface area (TPSA) is 292 Å². The van der Waals surface area contributed by atoms with E-state index in [1.54, 1.807) is 12.1 Å². The second kappa shape index (κ2) is 29.1. The van der Waals surface area contributed by atoms with E-state index < -0.39 is 23.3 Å². The first-order valence-corrected chi connectivity index (χ1v) is 23.5. The molecule has 6 rings (SSSR count). The molecule has 0 bridgehead atoms. The van der Waals surface area contributed by atoms with Gasteiger partial charge in [-0.05, 0) is 63.0 Å². The fraction of sp³-hybridized carbons (Fsp3) is 0.500. The van der Waals surface area contributed by atoms with E-state index in [1.807, 2.05) is 0 Å². The summed E-state index contributed by atoms with van der Waals surface area (Å²) >= 11 is 12.6. The number of halogens is 2. The number of carbonyl (C=O) groups is 4. The Morgan fingerprint density at radius 2 is 1.07 bits per heavy atom. The molecule has 2 aliphatic rings. The molecule has 2 aliphatic heterocycles. The van der Waals surface area contributed by atoms with Gasteiger partial charge >= 0.3 is 0 Å². The quantitative estimate of drug-likeness (QED) is 0.0369. The number of Topliss-reactive ketones (excluding diaryl/α,β-unsaturated/α-hetero) is 4. The lowest BCUT2D eigenvalue weighted by Gasteiger charge is -2.28. The van der Waals surface area contributed by atoms with Gasteiger partial charge in [-0.15, -0.1) is 0 Å². The average molecular weight is 1010 g/mol. The molecule has 0 aliphatic carbocycles. The van der Waals surface area contributed by atoms with Crippen LogP contribution in [0.5, 0.6) is 0 Å². The molecule has 4 heterocycles. The van der Waals surface area contributed by atoms with Crippen LogP contribution in [0, 0.1) is 23.7 Å². The third kappa shape index (κ3) is 17.5. The smallest absolute Gasteiger partial charge is 0.261 e. The van der Waals surface area contributed by atoms with Gasteiger partial charge in [0.2, 0.25) is 0 Å². The largest absolute Gasteiger partial charge is 0.391 e. The summed E-state index contributed by atoms with van der Waals surface area (Å²) in [5, 5.41) is 27.4. The normalized spacial score (nSPS) is 17.7. The summed E-state index contributed by atoms with van der Waals surface area (Å²) in [6.45, 7) is 1.82. The molecular weight excluding hydrogens is 951 g/mol.